The fourth-order valence-corrected chi connectivity index (χ4v) is 4.39. The van der Waals surface area contributed by atoms with Crippen LogP contribution in [-0.4, -0.2) is 29.6 Å². The Bertz CT molecular complexity index is 729. The number of nitrogens with zero attached hydrogens (tertiary/aromatic N) is 1. The number of rotatable bonds is 8. The number of amides is 1. The molecule has 2 aromatic rings. The van der Waals surface area contributed by atoms with E-state index in [0.29, 0.717) is 12.3 Å². The van der Waals surface area contributed by atoms with Crippen LogP contribution >= 0.6 is 27.7 Å². The van der Waals surface area contributed by atoms with Gasteiger partial charge in [-0.3, -0.25) is 9.69 Å². The Morgan fingerprint density at radius 2 is 1.74 bits per heavy atom. The fourth-order valence-electron chi connectivity index (χ4n) is 3.31. The number of likely N-dealkylation sites (tertiary alicyclic amines) is 1. The number of benzene rings is 2. The minimum absolute atomic E-state index is 0.0959. The van der Waals surface area contributed by atoms with Gasteiger partial charge in [0.1, 0.15) is 0 Å². The van der Waals surface area contributed by atoms with Crippen molar-refractivity contribution in [2.75, 3.05) is 18.8 Å². The first kappa shape index (κ1) is 20.4. The molecule has 1 heterocycles. The van der Waals surface area contributed by atoms with Gasteiger partial charge in [-0.15, -0.1) is 11.8 Å². The summed E-state index contributed by atoms with van der Waals surface area (Å²) in [7, 11) is 0. The maximum absolute atomic E-state index is 12.1. The van der Waals surface area contributed by atoms with Crippen molar-refractivity contribution in [3.05, 3.63) is 69.7 Å². The van der Waals surface area contributed by atoms with Gasteiger partial charge in [0.2, 0.25) is 5.91 Å². The van der Waals surface area contributed by atoms with Crippen LogP contribution in [0, 0.1) is 0 Å². The topological polar surface area (TPSA) is 32.3 Å². The molecule has 0 atom stereocenters. The molecule has 144 valence electrons. The summed E-state index contributed by atoms with van der Waals surface area (Å²) in [6, 6.07) is 16.8. The summed E-state index contributed by atoms with van der Waals surface area (Å²) < 4.78 is 1.08. The van der Waals surface area contributed by atoms with E-state index in [0.717, 1.165) is 16.8 Å². The third-order valence-electron chi connectivity index (χ3n) is 4.75. The van der Waals surface area contributed by atoms with E-state index in [2.05, 4.69) is 62.5 Å². The average molecular weight is 447 g/mol. The lowest BCUT2D eigenvalue weighted by Gasteiger charge is -2.26. The van der Waals surface area contributed by atoms with Gasteiger partial charge in [-0.2, -0.15) is 0 Å². The SMILES string of the molecule is O=C(CSCc1ccc(Br)cc1)NCc1cccc(CN2CCCCC2)c1. The van der Waals surface area contributed by atoms with Crippen LogP contribution in [0.25, 0.3) is 0 Å². The number of nitrogens with one attached hydrogen (secondary N) is 1. The molecule has 3 rings (SSSR count). The molecule has 1 fully saturated rings. The summed E-state index contributed by atoms with van der Waals surface area (Å²) in [5.74, 6) is 1.44. The summed E-state index contributed by atoms with van der Waals surface area (Å²) in [6.45, 7) is 4.03. The Kier molecular flexibility index (Phi) is 8.24. The van der Waals surface area contributed by atoms with Crippen molar-refractivity contribution in [2.24, 2.45) is 0 Å². The highest BCUT2D eigenvalue weighted by Gasteiger charge is 2.10. The molecule has 2 aromatic carbocycles. The molecule has 0 radical (unpaired) electrons. The minimum Gasteiger partial charge on any atom is -0.351 e. The highest BCUT2D eigenvalue weighted by Crippen LogP contribution is 2.16. The molecule has 3 nitrogen and oxygen atoms in total. The molecule has 0 spiro atoms. The molecule has 0 saturated carbocycles. The normalized spacial score (nSPS) is 14.9. The summed E-state index contributed by atoms with van der Waals surface area (Å²) in [5.41, 5.74) is 3.76. The molecule has 0 aliphatic carbocycles. The zero-order valence-electron chi connectivity index (χ0n) is 15.6. The van der Waals surface area contributed by atoms with Gasteiger partial charge in [-0.1, -0.05) is 58.7 Å². The van der Waals surface area contributed by atoms with Gasteiger partial charge in [-0.05, 0) is 54.8 Å². The molecule has 0 unspecified atom stereocenters. The Morgan fingerprint density at radius 1 is 1.00 bits per heavy atom. The van der Waals surface area contributed by atoms with Gasteiger partial charge in [0.05, 0.1) is 5.75 Å². The van der Waals surface area contributed by atoms with Crippen LogP contribution in [0.15, 0.2) is 53.0 Å². The molecular weight excluding hydrogens is 420 g/mol. The first-order valence-electron chi connectivity index (χ1n) is 9.58. The summed E-state index contributed by atoms with van der Waals surface area (Å²) in [6.07, 6.45) is 3.99. The third kappa shape index (κ3) is 7.32. The predicted molar refractivity (Wildman–Crippen MR) is 118 cm³/mol. The second-order valence-electron chi connectivity index (χ2n) is 7.05. The van der Waals surface area contributed by atoms with Crippen LogP contribution < -0.4 is 5.32 Å². The Morgan fingerprint density at radius 3 is 2.52 bits per heavy atom. The van der Waals surface area contributed by atoms with E-state index in [1.807, 2.05) is 12.1 Å². The number of thioether (sulfide) groups is 1. The van der Waals surface area contributed by atoms with E-state index in [1.54, 1.807) is 11.8 Å². The molecule has 1 saturated heterocycles. The van der Waals surface area contributed by atoms with E-state index in [9.17, 15) is 4.79 Å². The van der Waals surface area contributed by atoms with Gasteiger partial charge in [-0.25, -0.2) is 0 Å². The smallest absolute Gasteiger partial charge is 0.230 e. The minimum atomic E-state index is 0.0959. The molecule has 27 heavy (non-hydrogen) atoms. The molecule has 1 aliphatic heterocycles. The number of halogens is 1. The van der Waals surface area contributed by atoms with Gasteiger partial charge in [0, 0.05) is 23.3 Å². The summed E-state index contributed by atoms with van der Waals surface area (Å²) in [4.78, 5) is 14.6. The molecule has 5 heteroatoms. The standard InChI is InChI=1S/C22H27BrN2OS/c23-21-9-7-18(8-10-21)16-27-17-22(26)24-14-19-5-4-6-20(13-19)15-25-11-2-1-3-12-25/h4-10,13H,1-3,11-12,14-17H2,(H,24,26). The third-order valence-corrected chi connectivity index (χ3v) is 6.28. The molecular formula is C22H27BrN2OS. The molecule has 1 amide bonds. The van der Waals surface area contributed by atoms with E-state index in [1.165, 1.54) is 49.0 Å². The molecule has 1 N–H and O–H groups in total. The number of hydrogen-bond acceptors (Lipinski definition) is 3. The lowest BCUT2D eigenvalue weighted by atomic mass is 10.1. The van der Waals surface area contributed by atoms with Crippen LogP contribution in [-0.2, 0) is 23.6 Å². The monoisotopic (exact) mass is 446 g/mol. The second-order valence-corrected chi connectivity index (χ2v) is 8.95. The number of carbonyl (C=O) groups is 1. The van der Waals surface area contributed by atoms with E-state index in [-0.39, 0.29) is 5.91 Å². The van der Waals surface area contributed by atoms with Crippen LogP contribution in [0.4, 0.5) is 0 Å². The second kappa shape index (κ2) is 10.9. The molecule has 0 bridgehead atoms. The highest BCUT2D eigenvalue weighted by molar-refractivity contribution is 9.10. The average Bonchev–Trinajstić information content (AvgIpc) is 2.69. The van der Waals surface area contributed by atoms with Crippen LogP contribution in [0.5, 0.6) is 0 Å². The van der Waals surface area contributed by atoms with Crippen molar-refractivity contribution >= 4 is 33.6 Å². The van der Waals surface area contributed by atoms with Crippen molar-refractivity contribution in [3.8, 4) is 0 Å². The summed E-state index contributed by atoms with van der Waals surface area (Å²) >= 11 is 5.09. The number of piperidine rings is 1. The van der Waals surface area contributed by atoms with Gasteiger partial charge in [0.25, 0.3) is 0 Å². The molecule has 1 aliphatic rings. The lowest BCUT2D eigenvalue weighted by Crippen LogP contribution is -2.29. The fraction of sp³-hybridized carbons (Fsp3) is 0.409. The van der Waals surface area contributed by atoms with Crippen LogP contribution in [0.2, 0.25) is 0 Å². The van der Waals surface area contributed by atoms with Crippen molar-refractivity contribution < 1.29 is 4.79 Å². The maximum Gasteiger partial charge on any atom is 0.230 e. The summed E-state index contributed by atoms with van der Waals surface area (Å²) in [5, 5.41) is 3.04. The predicted octanol–water partition coefficient (Wildman–Crippen LogP) is 4.98. The maximum atomic E-state index is 12.1. The highest BCUT2D eigenvalue weighted by atomic mass is 79.9. The Hall–Kier alpha value is -1.30. The van der Waals surface area contributed by atoms with Gasteiger partial charge < -0.3 is 5.32 Å². The van der Waals surface area contributed by atoms with Gasteiger partial charge in [0.15, 0.2) is 0 Å². The van der Waals surface area contributed by atoms with Crippen molar-refractivity contribution in [1.29, 1.82) is 0 Å². The Labute approximate surface area is 175 Å². The molecule has 0 aromatic heterocycles. The number of hydrogen-bond donors (Lipinski definition) is 1. The largest absolute Gasteiger partial charge is 0.351 e. The van der Waals surface area contributed by atoms with Crippen molar-refractivity contribution in [3.63, 3.8) is 0 Å². The van der Waals surface area contributed by atoms with Gasteiger partial charge >= 0.3 is 0 Å². The lowest BCUT2D eigenvalue weighted by molar-refractivity contribution is -0.118. The first-order chi connectivity index (χ1) is 13.2. The van der Waals surface area contributed by atoms with Crippen molar-refractivity contribution in [2.45, 2.75) is 38.1 Å². The van der Waals surface area contributed by atoms with E-state index in [4.69, 9.17) is 0 Å². The van der Waals surface area contributed by atoms with Crippen LogP contribution in [0.3, 0.4) is 0 Å². The van der Waals surface area contributed by atoms with Crippen LogP contribution in [0.1, 0.15) is 36.0 Å². The van der Waals surface area contributed by atoms with Crippen molar-refractivity contribution in [1.82, 2.24) is 10.2 Å². The quantitative estimate of drug-likeness (QED) is 0.619. The zero-order chi connectivity index (χ0) is 18.9. The number of carbonyl (C=O) groups excluding carboxylic acids is 1. The van der Waals surface area contributed by atoms with E-state index >= 15 is 0 Å². The first-order valence-corrected chi connectivity index (χ1v) is 11.5. The van der Waals surface area contributed by atoms with E-state index < -0.39 is 0 Å². The Balaban J connectivity index is 1.39. The zero-order valence-corrected chi connectivity index (χ0v) is 18.0.